The average molecular weight is 222 g/mol. The number of allylic oxidation sites excluding steroid dienone is 2. The van der Waals surface area contributed by atoms with Gasteiger partial charge in [0.2, 0.25) is 0 Å². The molecule has 0 radical (unpaired) electrons. The maximum atomic E-state index is 12.3. The summed E-state index contributed by atoms with van der Waals surface area (Å²) in [6.45, 7) is 4.16. The van der Waals surface area contributed by atoms with Gasteiger partial charge in [-0.25, -0.2) is 0 Å². The number of carbonyl (C=O) groups excluding carboxylic acids is 2. The average Bonchev–Trinajstić information content (AvgIpc) is 2.59. The summed E-state index contributed by atoms with van der Waals surface area (Å²) < 4.78 is 4.83. The molecule has 1 fully saturated rings. The van der Waals surface area contributed by atoms with Gasteiger partial charge < -0.3 is 4.74 Å². The van der Waals surface area contributed by atoms with Crippen LogP contribution in [0.2, 0.25) is 0 Å². The number of methoxy groups -OCH3 is 1. The highest BCUT2D eigenvalue weighted by Gasteiger charge is 2.58. The van der Waals surface area contributed by atoms with Gasteiger partial charge in [0.25, 0.3) is 0 Å². The largest absolute Gasteiger partial charge is 0.468 e. The molecular formula is C13H18O3. The standard InChI is InChI=1S/C13H18O3/c1-12(2)7-9-5-4-6-13(9,10(14)8-12)11(15)16-3/h4-5,9H,6-8H2,1-3H3/t9-,13+/m1/s1. The fourth-order valence-electron chi connectivity index (χ4n) is 3.09. The molecule has 0 N–H and O–H groups in total. The number of carbonyl (C=O) groups is 2. The zero-order valence-electron chi connectivity index (χ0n) is 10.1. The van der Waals surface area contributed by atoms with Crippen LogP contribution in [0, 0.1) is 16.7 Å². The summed E-state index contributed by atoms with van der Waals surface area (Å²) in [4.78, 5) is 24.2. The van der Waals surface area contributed by atoms with Crippen LogP contribution in [0.15, 0.2) is 12.2 Å². The van der Waals surface area contributed by atoms with Gasteiger partial charge in [0.15, 0.2) is 5.78 Å². The second kappa shape index (κ2) is 3.44. The molecule has 0 spiro atoms. The summed E-state index contributed by atoms with van der Waals surface area (Å²) in [5.74, 6) is -0.287. The molecule has 3 nitrogen and oxygen atoms in total. The van der Waals surface area contributed by atoms with Gasteiger partial charge in [-0.2, -0.15) is 0 Å². The van der Waals surface area contributed by atoms with Crippen LogP contribution < -0.4 is 0 Å². The minimum Gasteiger partial charge on any atom is -0.468 e. The summed E-state index contributed by atoms with van der Waals surface area (Å²) in [6, 6.07) is 0. The van der Waals surface area contributed by atoms with Gasteiger partial charge in [0, 0.05) is 12.3 Å². The lowest BCUT2D eigenvalue weighted by molar-refractivity contribution is -0.164. The van der Waals surface area contributed by atoms with Gasteiger partial charge in [-0.1, -0.05) is 26.0 Å². The van der Waals surface area contributed by atoms with E-state index in [1.807, 2.05) is 12.2 Å². The molecule has 0 aliphatic heterocycles. The minimum absolute atomic E-state index is 0.00600. The summed E-state index contributed by atoms with van der Waals surface area (Å²) in [5, 5.41) is 0. The van der Waals surface area contributed by atoms with E-state index in [-0.39, 0.29) is 23.1 Å². The Hall–Kier alpha value is -1.12. The van der Waals surface area contributed by atoms with E-state index >= 15 is 0 Å². The molecule has 2 aliphatic carbocycles. The van der Waals surface area contributed by atoms with Crippen LogP contribution in [0.3, 0.4) is 0 Å². The first kappa shape index (κ1) is 11.4. The molecule has 2 rings (SSSR count). The van der Waals surface area contributed by atoms with Crippen molar-refractivity contribution in [1.29, 1.82) is 0 Å². The zero-order chi connectivity index (χ0) is 12.0. The Morgan fingerprint density at radius 3 is 2.81 bits per heavy atom. The van der Waals surface area contributed by atoms with Crippen molar-refractivity contribution in [3.05, 3.63) is 12.2 Å². The molecule has 0 amide bonds. The Balaban J connectivity index is 2.38. The highest BCUT2D eigenvalue weighted by molar-refractivity contribution is 6.06. The lowest BCUT2D eigenvalue weighted by Gasteiger charge is -2.42. The summed E-state index contributed by atoms with van der Waals surface area (Å²) in [5.41, 5.74) is -0.905. The van der Waals surface area contributed by atoms with Crippen LogP contribution in [0.1, 0.15) is 33.1 Å². The van der Waals surface area contributed by atoms with Crippen molar-refractivity contribution in [1.82, 2.24) is 0 Å². The Morgan fingerprint density at radius 1 is 1.50 bits per heavy atom. The van der Waals surface area contributed by atoms with Crippen molar-refractivity contribution in [2.45, 2.75) is 33.1 Å². The first-order valence-electron chi connectivity index (χ1n) is 5.71. The van der Waals surface area contributed by atoms with E-state index in [9.17, 15) is 9.59 Å². The fraction of sp³-hybridized carbons (Fsp3) is 0.692. The van der Waals surface area contributed by atoms with E-state index in [0.29, 0.717) is 12.8 Å². The first-order valence-corrected chi connectivity index (χ1v) is 5.71. The third-order valence-corrected chi connectivity index (χ3v) is 3.90. The lowest BCUT2D eigenvalue weighted by Crippen LogP contribution is -2.50. The Bertz CT molecular complexity index is 367. The number of rotatable bonds is 1. The predicted molar refractivity (Wildman–Crippen MR) is 59.7 cm³/mol. The second-order valence-electron chi connectivity index (χ2n) is 5.67. The summed E-state index contributed by atoms with van der Waals surface area (Å²) in [7, 11) is 1.36. The quantitative estimate of drug-likeness (QED) is 0.388. The van der Waals surface area contributed by atoms with Crippen LogP contribution in [0.4, 0.5) is 0 Å². The predicted octanol–water partition coefficient (Wildman–Crippen LogP) is 2.11. The maximum absolute atomic E-state index is 12.3. The number of Topliss-reactive ketones (excluding diaryl/α,β-unsaturated/α-hetero) is 1. The zero-order valence-corrected chi connectivity index (χ0v) is 10.1. The molecule has 0 aromatic heterocycles. The van der Waals surface area contributed by atoms with Gasteiger partial charge in [-0.05, 0) is 18.3 Å². The highest BCUT2D eigenvalue weighted by atomic mass is 16.5. The molecule has 1 saturated carbocycles. The second-order valence-corrected chi connectivity index (χ2v) is 5.67. The molecule has 3 heteroatoms. The summed E-state index contributed by atoms with van der Waals surface area (Å²) >= 11 is 0. The van der Waals surface area contributed by atoms with Crippen molar-refractivity contribution in [2.24, 2.45) is 16.7 Å². The van der Waals surface area contributed by atoms with E-state index in [1.54, 1.807) is 0 Å². The molecule has 0 aromatic carbocycles. The maximum Gasteiger partial charge on any atom is 0.320 e. The van der Waals surface area contributed by atoms with E-state index < -0.39 is 5.41 Å². The third kappa shape index (κ3) is 1.41. The van der Waals surface area contributed by atoms with E-state index in [0.717, 1.165) is 6.42 Å². The Labute approximate surface area is 95.9 Å². The highest BCUT2D eigenvalue weighted by Crippen LogP contribution is 2.52. The van der Waals surface area contributed by atoms with Crippen LogP contribution >= 0.6 is 0 Å². The lowest BCUT2D eigenvalue weighted by atomic mass is 9.59. The molecule has 0 aromatic rings. The molecule has 16 heavy (non-hydrogen) atoms. The van der Waals surface area contributed by atoms with Gasteiger partial charge in [0.05, 0.1) is 7.11 Å². The SMILES string of the molecule is COC(=O)[C@@]12CC=C[C@@H]1CC(C)(C)CC2=O. The Morgan fingerprint density at radius 2 is 2.19 bits per heavy atom. The minimum atomic E-state index is -0.899. The molecular weight excluding hydrogens is 204 g/mol. The normalized spacial score (nSPS) is 35.9. The topological polar surface area (TPSA) is 43.4 Å². The van der Waals surface area contributed by atoms with E-state index in [1.165, 1.54) is 7.11 Å². The van der Waals surface area contributed by atoms with Crippen molar-refractivity contribution in [3.8, 4) is 0 Å². The molecule has 0 heterocycles. The number of ketones is 1. The molecule has 88 valence electrons. The van der Waals surface area contributed by atoms with E-state index in [4.69, 9.17) is 4.74 Å². The first-order chi connectivity index (χ1) is 7.42. The molecule has 0 saturated heterocycles. The number of hydrogen-bond acceptors (Lipinski definition) is 3. The van der Waals surface area contributed by atoms with Crippen molar-refractivity contribution in [3.63, 3.8) is 0 Å². The molecule has 0 bridgehead atoms. The van der Waals surface area contributed by atoms with Gasteiger partial charge in [-0.3, -0.25) is 9.59 Å². The van der Waals surface area contributed by atoms with Crippen LogP contribution in [0.25, 0.3) is 0 Å². The van der Waals surface area contributed by atoms with Crippen molar-refractivity contribution >= 4 is 11.8 Å². The molecule has 2 atom stereocenters. The Kier molecular flexibility index (Phi) is 2.44. The van der Waals surface area contributed by atoms with E-state index in [2.05, 4.69) is 13.8 Å². The summed E-state index contributed by atoms with van der Waals surface area (Å²) in [6.07, 6.45) is 5.82. The van der Waals surface area contributed by atoms with Gasteiger partial charge >= 0.3 is 5.97 Å². The molecule has 2 aliphatic rings. The fourth-order valence-corrected chi connectivity index (χ4v) is 3.09. The monoisotopic (exact) mass is 222 g/mol. The number of fused-ring (bicyclic) bond motifs is 1. The van der Waals surface area contributed by atoms with Crippen LogP contribution in [-0.4, -0.2) is 18.9 Å². The van der Waals surface area contributed by atoms with Crippen LogP contribution in [-0.2, 0) is 14.3 Å². The van der Waals surface area contributed by atoms with Gasteiger partial charge in [-0.15, -0.1) is 0 Å². The smallest absolute Gasteiger partial charge is 0.320 e. The van der Waals surface area contributed by atoms with Crippen LogP contribution in [0.5, 0.6) is 0 Å². The van der Waals surface area contributed by atoms with Crippen molar-refractivity contribution < 1.29 is 14.3 Å². The molecule has 0 unspecified atom stereocenters. The number of esters is 1. The van der Waals surface area contributed by atoms with Crippen molar-refractivity contribution in [2.75, 3.05) is 7.11 Å². The number of hydrogen-bond donors (Lipinski definition) is 0. The third-order valence-electron chi connectivity index (χ3n) is 3.90. The van der Waals surface area contributed by atoms with Gasteiger partial charge in [0.1, 0.15) is 5.41 Å². The number of ether oxygens (including phenoxy) is 1.